The molecule has 0 spiro atoms. The highest BCUT2D eigenvalue weighted by atomic mass is 28.5. The lowest BCUT2D eigenvalue weighted by molar-refractivity contribution is 0.209. The minimum atomic E-state index is -3.40. The van der Waals surface area contributed by atoms with Gasteiger partial charge in [0, 0.05) is 15.6 Å². The van der Waals surface area contributed by atoms with Gasteiger partial charge in [-0.05, 0) is 169 Å². The molecule has 0 bridgehead atoms. The van der Waals surface area contributed by atoms with Crippen LogP contribution in [0.3, 0.4) is 0 Å². The molecule has 0 radical (unpaired) electrons. The summed E-state index contributed by atoms with van der Waals surface area (Å²) in [4.78, 5) is 0. The first-order chi connectivity index (χ1) is 35.9. The van der Waals surface area contributed by atoms with E-state index in [2.05, 4.69) is 212 Å². The summed E-state index contributed by atoms with van der Waals surface area (Å²) in [5, 5.41) is 4.26. The third-order valence-electron chi connectivity index (χ3n) is 9.81. The molecule has 13 nitrogen and oxygen atoms in total. The SMILES string of the molecule is C.C.C.C.C[SiH](C)O[SiH](O[Si](O[SiH](C)C)(O[Si](C)(C)C)c1ccccc1)c1ccccc1.C[SiH](C)O[Si](C)(C)O[Si](O[Si](C)(C)O[SiH](C)C)(O[Si](C)(C)O[SiH](C)C)c1ccccc1.C[SiH](C)O[Si](O[SiH](C)C)(O[SiH](C)C)c1ccccc1. The molecule has 82 heavy (non-hydrogen) atoms. The zero-order valence-corrected chi connectivity index (χ0v) is 69.9. The Balaban J connectivity index is -0.00000114. The second kappa shape index (κ2) is 39.8. The van der Waals surface area contributed by atoms with Crippen LogP contribution >= 0.6 is 0 Å². The van der Waals surface area contributed by atoms with Crippen molar-refractivity contribution in [2.45, 2.75) is 193 Å². The van der Waals surface area contributed by atoms with Crippen molar-refractivity contribution in [1.82, 2.24) is 0 Å². The van der Waals surface area contributed by atoms with Crippen molar-refractivity contribution < 1.29 is 53.5 Å². The van der Waals surface area contributed by atoms with Crippen molar-refractivity contribution in [2.24, 2.45) is 0 Å². The molecule has 474 valence electrons. The summed E-state index contributed by atoms with van der Waals surface area (Å²) in [6.07, 6.45) is 0. The van der Waals surface area contributed by atoms with Crippen LogP contribution in [0.15, 0.2) is 121 Å². The van der Waals surface area contributed by atoms with Crippen LogP contribution in [0.2, 0.25) is 164 Å². The van der Waals surface area contributed by atoms with E-state index in [1.165, 1.54) is 0 Å². The molecule has 0 saturated carbocycles. The smallest absolute Gasteiger partial charge is 0.439 e. The zero-order valence-electron chi connectivity index (χ0n) is 52.6. The van der Waals surface area contributed by atoms with Gasteiger partial charge in [-0.15, -0.1) is 0 Å². The lowest BCUT2D eigenvalue weighted by Gasteiger charge is -2.44. The molecule has 4 aromatic rings. The Bertz CT molecular complexity index is 2150. The summed E-state index contributed by atoms with van der Waals surface area (Å²) in [5.41, 5.74) is 0. The molecule has 0 aliphatic rings. The Hall–Kier alpha value is -0.170. The fourth-order valence-electron chi connectivity index (χ4n) is 8.29. The lowest BCUT2D eigenvalue weighted by atomic mass is 10.4. The Morgan fingerprint density at radius 1 is 0.256 bits per heavy atom. The van der Waals surface area contributed by atoms with Crippen molar-refractivity contribution in [2.75, 3.05) is 0 Å². The molecule has 29 heteroatoms. The molecule has 2 unspecified atom stereocenters. The third-order valence-corrected chi connectivity index (χ3v) is 56.8. The van der Waals surface area contributed by atoms with Crippen LogP contribution in [0.4, 0.5) is 0 Å². The Morgan fingerprint density at radius 3 is 0.756 bits per heavy atom. The van der Waals surface area contributed by atoms with E-state index in [4.69, 9.17) is 53.5 Å². The molecule has 4 aromatic carbocycles. The first-order valence-electron chi connectivity index (χ1n) is 28.0. The summed E-state index contributed by atoms with van der Waals surface area (Å²) >= 11 is 0. The number of benzene rings is 4. The van der Waals surface area contributed by atoms with Crippen molar-refractivity contribution in [1.29, 1.82) is 0 Å². The summed E-state index contributed by atoms with van der Waals surface area (Å²) < 4.78 is 85.9. The first kappa shape index (κ1) is 86.0. The normalized spacial score (nSPS) is 13.6. The maximum atomic E-state index is 6.94. The van der Waals surface area contributed by atoms with Gasteiger partial charge in [0.1, 0.15) is 0 Å². The summed E-state index contributed by atoms with van der Waals surface area (Å²) in [6, 6.07) is 41.0. The van der Waals surface area contributed by atoms with Gasteiger partial charge in [0.25, 0.3) is 0 Å². The minimum absolute atomic E-state index is 0. The lowest BCUT2D eigenvalue weighted by Crippen LogP contribution is -2.70. The van der Waals surface area contributed by atoms with E-state index in [9.17, 15) is 0 Å². The molecular formula is C53H120O13Si16. The van der Waals surface area contributed by atoms with E-state index < -0.39 is 142 Å². The van der Waals surface area contributed by atoms with Crippen LogP contribution in [0.25, 0.3) is 0 Å². The average molecular weight is 1410 g/mol. The van der Waals surface area contributed by atoms with Crippen molar-refractivity contribution in [3.05, 3.63) is 121 Å². The van der Waals surface area contributed by atoms with Gasteiger partial charge in [-0.1, -0.05) is 151 Å². The van der Waals surface area contributed by atoms with E-state index in [-0.39, 0.29) is 29.7 Å². The summed E-state index contributed by atoms with van der Waals surface area (Å²) in [7, 11) is -31.2. The van der Waals surface area contributed by atoms with Crippen molar-refractivity contribution in [3.63, 3.8) is 0 Å². The molecule has 4 rings (SSSR count). The van der Waals surface area contributed by atoms with Crippen molar-refractivity contribution >= 4 is 163 Å². The van der Waals surface area contributed by atoms with Crippen molar-refractivity contribution in [3.8, 4) is 0 Å². The van der Waals surface area contributed by atoms with Gasteiger partial charge in [-0.2, -0.15) is 0 Å². The highest BCUT2D eigenvalue weighted by Crippen LogP contribution is 2.29. The van der Waals surface area contributed by atoms with E-state index >= 15 is 0 Å². The summed E-state index contributed by atoms with van der Waals surface area (Å²) in [6.45, 7) is 54.0. The topological polar surface area (TPSA) is 120 Å². The second-order valence-electron chi connectivity index (χ2n) is 23.7. The van der Waals surface area contributed by atoms with E-state index in [1.807, 2.05) is 72.8 Å². The van der Waals surface area contributed by atoms with Crippen LogP contribution in [-0.2, 0) is 53.5 Å². The van der Waals surface area contributed by atoms with Crippen LogP contribution in [0.5, 0.6) is 0 Å². The van der Waals surface area contributed by atoms with E-state index in [1.54, 1.807) is 0 Å². The first-order valence-corrected chi connectivity index (χ1v) is 68.8. The van der Waals surface area contributed by atoms with E-state index in [0.29, 0.717) is 0 Å². The molecule has 0 aliphatic carbocycles. The quantitative estimate of drug-likeness (QED) is 0.0461. The molecule has 0 heterocycles. The van der Waals surface area contributed by atoms with Gasteiger partial charge in [-0.3, -0.25) is 0 Å². The maximum absolute atomic E-state index is 6.94. The second-order valence-corrected chi connectivity index (χ2v) is 71.4. The predicted molar refractivity (Wildman–Crippen MR) is 397 cm³/mol. The van der Waals surface area contributed by atoms with Gasteiger partial charge in [0.05, 0.1) is 0 Å². The Morgan fingerprint density at radius 2 is 0.500 bits per heavy atom. The maximum Gasteiger partial charge on any atom is 0.510 e. The average Bonchev–Trinajstić information content (AvgIpc) is 3.27. The van der Waals surface area contributed by atoms with Gasteiger partial charge in [0.2, 0.25) is 0 Å². The highest BCUT2D eigenvalue weighted by Gasteiger charge is 2.57. The van der Waals surface area contributed by atoms with Gasteiger partial charge in [0.15, 0.2) is 80.6 Å². The number of hydrogen-bond acceptors (Lipinski definition) is 13. The van der Waals surface area contributed by atoms with Crippen LogP contribution in [-0.4, -0.2) is 142 Å². The van der Waals surface area contributed by atoms with Crippen LogP contribution < -0.4 is 20.7 Å². The number of hydrogen-bond donors (Lipinski definition) is 0. The van der Waals surface area contributed by atoms with Crippen LogP contribution in [0, 0.1) is 0 Å². The highest BCUT2D eigenvalue weighted by molar-refractivity contribution is 6.96. The predicted octanol–water partition coefficient (Wildman–Crippen LogP) is 11.2. The fourth-order valence-corrected chi connectivity index (χ4v) is 62.4. The fraction of sp³-hybridized carbons (Fsp3) is 0.547. The zero-order chi connectivity index (χ0) is 59.3. The molecular weight excluding hydrogens is 1290 g/mol. The standard InChI is InChI=1S/C19H34O4Si5.C18H44O6Si7.C12H26O3Si4.4CH4/c1-24(2)20-26(18-14-10-8-11-15-18)22-28(21-25(3)4,23-27(5,6)7)19-16-12-9-13-17-19;1-25(2)19-28(7,8)22-31(18-16-14-13-15-17-18,23-29(9,10)20-26(3)4)24-30(11,12)21-27(5)6;1-16(2)13-19(14-17(3)4,15-18(5)6)12-10-8-7-9-11-12;;;;/h8-17,24-26H,1-7H3;13-17,25-27H,1-12H3;7-11,16-18H,1-6H3;4*1H4. The number of rotatable bonds is 30. The molecule has 0 fully saturated rings. The third kappa shape index (κ3) is 33.4. The van der Waals surface area contributed by atoms with Gasteiger partial charge < -0.3 is 53.5 Å². The van der Waals surface area contributed by atoms with Crippen LogP contribution in [0.1, 0.15) is 29.7 Å². The van der Waals surface area contributed by atoms with E-state index in [0.717, 1.165) is 20.7 Å². The molecule has 0 aliphatic heterocycles. The van der Waals surface area contributed by atoms with Gasteiger partial charge in [-0.25, -0.2) is 0 Å². The molecule has 2 atom stereocenters. The molecule has 0 amide bonds. The monoisotopic (exact) mass is 1410 g/mol. The molecule has 0 N–H and O–H groups in total. The largest absolute Gasteiger partial charge is 0.510 e. The minimum Gasteiger partial charge on any atom is -0.439 e. The molecule has 0 aromatic heterocycles. The molecule has 0 saturated heterocycles. The van der Waals surface area contributed by atoms with Gasteiger partial charge >= 0.3 is 61.4 Å². The summed E-state index contributed by atoms with van der Waals surface area (Å²) in [5.74, 6) is 0. The Kier molecular flexibility index (Phi) is 41.7. The Labute approximate surface area is 526 Å².